The lowest BCUT2D eigenvalue weighted by atomic mass is 10.2. The highest BCUT2D eigenvalue weighted by molar-refractivity contribution is 5.14. The second kappa shape index (κ2) is 7.63. The van der Waals surface area contributed by atoms with E-state index in [9.17, 15) is 0 Å². The number of hydrogen-bond donors (Lipinski definition) is 1. The van der Waals surface area contributed by atoms with Crippen LogP contribution in [0.1, 0.15) is 25.3 Å². The van der Waals surface area contributed by atoms with Gasteiger partial charge in [-0.1, -0.05) is 30.3 Å². The minimum Gasteiger partial charge on any atom is -0.377 e. The van der Waals surface area contributed by atoms with Gasteiger partial charge in [0.2, 0.25) is 0 Å². The molecule has 1 aliphatic rings. The summed E-state index contributed by atoms with van der Waals surface area (Å²) in [7, 11) is 2.19. The van der Waals surface area contributed by atoms with E-state index < -0.39 is 0 Å². The van der Waals surface area contributed by atoms with Crippen LogP contribution in [0.25, 0.3) is 0 Å². The zero-order valence-electron chi connectivity index (χ0n) is 12.1. The van der Waals surface area contributed by atoms with Crippen molar-refractivity contribution in [3.05, 3.63) is 35.9 Å². The third kappa shape index (κ3) is 4.94. The van der Waals surface area contributed by atoms with Crippen LogP contribution in [0.5, 0.6) is 0 Å². The van der Waals surface area contributed by atoms with Crippen LogP contribution >= 0.6 is 0 Å². The van der Waals surface area contributed by atoms with Gasteiger partial charge in [0.05, 0.1) is 6.10 Å². The molecule has 1 aromatic rings. The summed E-state index contributed by atoms with van der Waals surface area (Å²) in [5.41, 5.74) is 1.37. The molecular formula is C16H26N2O. The van der Waals surface area contributed by atoms with Gasteiger partial charge in [0, 0.05) is 32.3 Å². The summed E-state index contributed by atoms with van der Waals surface area (Å²) in [5, 5.41) is 3.53. The molecule has 0 spiro atoms. The highest BCUT2D eigenvalue weighted by Gasteiger charge is 2.15. The quantitative estimate of drug-likeness (QED) is 0.816. The van der Waals surface area contributed by atoms with Gasteiger partial charge in [-0.3, -0.25) is 4.90 Å². The molecule has 2 unspecified atom stereocenters. The number of nitrogens with one attached hydrogen (secondary N) is 1. The summed E-state index contributed by atoms with van der Waals surface area (Å²) in [6.45, 7) is 6.22. The Balaban J connectivity index is 1.65. The van der Waals surface area contributed by atoms with Gasteiger partial charge >= 0.3 is 0 Å². The standard InChI is InChI=1S/C16H26N2O/c1-14(11-17-12-16-9-6-10-19-16)18(2)13-15-7-4-3-5-8-15/h3-5,7-8,14,16-17H,6,9-13H2,1-2H3. The van der Waals surface area contributed by atoms with Crippen molar-refractivity contribution < 1.29 is 4.74 Å². The highest BCUT2D eigenvalue weighted by atomic mass is 16.5. The number of hydrogen-bond acceptors (Lipinski definition) is 3. The Hall–Kier alpha value is -0.900. The van der Waals surface area contributed by atoms with Crippen molar-refractivity contribution in [1.29, 1.82) is 0 Å². The van der Waals surface area contributed by atoms with Crippen LogP contribution in [0.15, 0.2) is 30.3 Å². The number of ether oxygens (including phenoxy) is 1. The molecule has 106 valence electrons. The van der Waals surface area contributed by atoms with Crippen molar-refractivity contribution in [2.45, 2.75) is 38.5 Å². The second-order valence-corrected chi connectivity index (χ2v) is 5.54. The molecular weight excluding hydrogens is 236 g/mol. The molecule has 1 N–H and O–H groups in total. The van der Waals surface area contributed by atoms with Crippen LogP contribution in [0.3, 0.4) is 0 Å². The van der Waals surface area contributed by atoms with E-state index >= 15 is 0 Å². The third-order valence-electron chi connectivity index (χ3n) is 3.86. The summed E-state index contributed by atoms with van der Waals surface area (Å²) < 4.78 is 5.61. The molecule has 2 atom stereocenters. The molecule has 2 rings (SSSR count). The maximum Gasteiger partial charge on any atom is 0.0700 e. The van der Waals surface area contributed by atoms with E-state index in [1.165, 1.54) is 18.4 Å². The van der Waals surface area contributed by atoms with Gasteiger partial charge in [-0.05, 0) is 32.4 Å². The first-order chi connectivity index (χ1) is 9.25. The molecule has 3 nitrogen and oxygen atoms in total. The number of nitrogens with zero attached hydrogens (tertiary/aromatic N) is 1. The summed E-state index contributed by atoms with van der Waals surface area (Å²) in [6.07, 6.45) is 2.86. The molecule has 0 saturated carbocycles. The molecule has 0 radical (unpaired) electrons. The van der Waals surface area contributed by atoms with E-state index in [4.69, 9.17) is 4.74 Å². The highest BCUT2D eigenvalue weighted by Crippen LogP contribution is 2.10. The SMILES string of the molecule is CC(CNCC1CCCO1)N(C)Cc1ccccc1. The van der Waals surface area contributed by atoms with Crippen LogP contribution in [0.2, 0.25) is 0 Å². The molecule has 3 heteroatoms. The average molecular weight is 262 g/mol. The van der Waals surface area contributed by atoms with Crippen molar-refractivity contribution in [1.82, 2.24) is 10.2 Å². The summed E-state index contributed by atoms with van der Waals surface area (Å²) in [5.74, 6) is 0. The van der Waals surface area contributed by atoms with Gasteiger partial charge in [0.25, 0.3) is 0 Å². The fourth-order valence-electron chi connectivity index (χ4n) is 2.44. The molecule has 1 saturated heterocycles. The van der Waals surface area contributed by atoms with Gasteiger partial charge in [0.15, 0.2) is 0 Å². The smallest absolute Gasteiger partial charge is 0.0700 e. The normalized spacial score (nSPS) is 20.9. The number of benzene rings is 1. The first kappa shape index (κ1) is 14.5. The zero-order valence-corrected chi connectivity index (χ0v) is 12.1. The van der Waals surface area contributed by atoms with Crippen molar-refractivity contribution >= 4 is 0 Å². The third-order valence-corrected chi connectivity index (χ3v) is 3.86. The molecule has 0 aromatic heterocycles. The molecule has 0 bridgehead atoms. The molecule has 1 aromatic carbocycles. The van der Waals surface area contributed by atoms with Crippen molar-refractivity contribution in [2.75, 3.05) is 26.7 Å². The topological polar surface area (TPSA) is 24.5 Å². The van der Waals surface area contributed by atoms with Crippen LogP contribution in [0.4, 0.5) is 0 Å². The largest absolute Gasteiger partial charge is 0.377 e. The zero-order chi connectivity index (χ0) is 13.5. The van der Waals surface area contributed by atoms with Crippen molar-refractivity contribution in [2.24, 2.45) is 0 Å². The lowest BCUT2D eigenvalue weighted by Crippen LogP contribution is -2.39. The molecule has 1 aliphatic heterocycles. The Kier molecular flexibility index (Phi) is 5.83. The minimum atomic E-state index is 0.437. The Morgan fingerprint density at radius 3 is 2.84 bits per heavy atom. The van der Waals surface area contributed by atoms with Gasteiger partial charge in [-0.2, -0.15) is 0 Å². The predicted molar refractivity (Wildman–Crippen MR) is 79.2 cm³/mol. The maximum absolute atomic E-state index is 5.61. The number of likely N-dealkylation sites (N-methyl/N-ethyl adjacent to an activating group) is 1. The Labute approximate surface area is 116 Å². The monoisotopic (exact) mass is 262 g/mol. The average Bonchev–Trinajstić information content (AvgIpc) is 2.93. The molecule has 0 amide bonds. The second-order valence-electron chi connectivity index (χ2n) is 5.54. The van der Waals surface area contributed by atoms with E-state index in [0.29, 0.717) is 12.1 Å². The number of rotatable bonds is 7. The van der Waals surface area contributed by atoms with E-state index in [1.54, 1.807) is 0 Å². The fraction of sp³-hybridized carbons (Fsp3) is 0.625. The van der Waals surface area contributed by atoms with E-state index in [0.717, 1.165) is 26.2 Å². The summed E-state index contributed by atoms with van der Waals surface area (Å²) in [6, 6.07) is 11.2. The lowest BCUT2D eigenvalue weighted by molar-refractivity contribution is 0.108. The van der Waals surface area contributed by atoms with Crippen molar-refractivity contribution in [3.8, 4) is 0 Å². The summed E-state index contributed by atoms with van der Waals surface area (Å²) >= 11 is 0. The fourth-order valence-corrected chi connectivity index (χ4v) is 2.44. The van der Waals surface area contributed by atoms with Crippen molar-refractivity contribution in [3.63, 3.8) is 0 Å². The van der Waals surface area contributed by atoms with E-state index in [1.807, 2.05) is 0 Å². The maximum atomic E-state index is 5.61. The predicted octanol–water partition coefficient (Wildman–Crippen LogP) is 2.28. The first-order valence-corrected chi connectivity index (χ1v) is 7.32. The van der Waals surface area contributed by atoms with Crippen LogP contribution in [-0.4, -0.2) is 43.8 Å². The van der Waals surface area contributed by atoms with Crippen LogP contribution in [0, 0.1) is 0 Å². The lowest BCUT2D eigenvalue weighted by Gasteiger charge is -2.25. The molecule has 1 heterocycles. The Bertz CT molecular complexity index is 349. The van der Waals surface area contributed by atoms with Gasteiger partial charge in [0.1, 0.15) is 0 Å². The first-order valence-electron chi connectivity index (χ1n) is 7.32. The van der Waals surface area contributed by atoms with E-state index in [2.05, 4.69) is 54.5 Å². The van der Waals surface area contributed by atoms with Crippen LogP contribution < -0.4 is 5.32 Å². The Morgan fingerprint density at radius 1 is 1.37 bits per heavy atom. The Morgan fingerprint density at radius 2 is 2.16 bits per heavy atom. The summed E-state index contributed by atoms with van der Waals surface area (Å²) in [4.78, 5) is 2.39. The van der Waals surface area contributed by atoms with E-state index in [-0.39, 0.29) is 0 Å². The molecule has 1 fully saturated rings. The minimum absolute atomic E-state index is 0.437. The molecule has 0 aliphatic carbocycles. The van der Waals surface area contributed by atoms with Crippen LogP contribution in [-0.2, 0) is 11.3 Å². The van der Waals surface area contributed by atoms with Gasteiger partial charge in [-0.15, -0.1) is 0 Å². The molecule has 19 heavy (non-hydrogen) atoms. The van der Waals surface area contributed by atoms with Gasteiger partial charge in [-0.25, -0.2) is 0 Å². The van der Waals surface area contributed by atoms with Gasteiger partial charge < -0.3 is 10.1 Å².